The van der Waals surface area contributed by atoms with Crippen LogP contribution in [0.15, 0.2) is 16.5 Å². The summed E-state index contributed by atoms with van der Waals surface area (Å²) in [4.78, 5) is 12.3. The molecule has 0 aliphatic carbocycles. The maximum absolute atomic E-state index is 10.3. The predicted octanol–water partition coefficient (Wildman–Crippen LogP) is 1.94. The molecular formula is C9H13NO2. The highest BCUT2D eigenvalue weighted by Crippen LogP contribution is 2.17. The Kier molecular flexibility index (Phi) is 2.53. The van der Waals surface area contributed by atoms with Crippen LogP contribution in [0.5, 0.6) is 0 Å². The molecule has 1 rings (SSSR count). The standard InChI is InChI=1S/C9H13NO2/c1-7(2)10(3)9-5-4-8(6-11)12-9/h4-7H,1-3H3. The van der Waals surface area contributed by atoms with Crippen LogP contribution in [0.4, 0.5) is 5.88 Å². The molecule has 0 amide bonds. The molecule has 0 N–H and O–H groups in total. The Morgan fingerprint density at radius 3 is 2.58 bits per heavy atom. The van der Waals surface area contributed by atoms with Crippen molar-refractivity contribution in [3.8, 4) is 0 Å². The Hall–Kier alpha value is -1.25. The molecule has 0 fully saturated rings. The van der Waals surface area contributed by atoms with Crippen LogP contribution >= 0.6 is 0 Å². The largest absolute Gasteiger partial charge is 0.438 e. The van der Waals surface area contributed by atoms with E-state index in [1.54, 1.807) is 12.1 Å². The van der Waals surface area contributed by atoms with E-state index in [1.165, 1.54) is 0 Å². The Labute approximate surface area is 72.0 Å². The number of carbonyl (C=O) groups is 1. The number of furan rings is 1. The van der Waals surface area contributed by atoms with Crippen molar-refractivity contribution in [3.63, 3.8) is 0 Å². The molecule has 66 valence electrons. The smallest absolute Gasteiger partial charge is 0.196 e. The zero-order chi connectivity index (χ0) is 9.14. The lowest BCUT2D eigenvalue weighted by Crippen LogP contribution is -2.24. The molecule has 0 spiro atoms. The summed E-state index contributed by atoms with van der Waals surface area (Å²) in [6.07, 6.45) is 0.706. The average molecular weight is 167 g/mol. The molecule has 3 heteroatoms. The number of aldehydes is 1. The second-order valence-electron chi connectivity index (χ2n) is 3.00. The van der Waals surface area contributed by atoms with Crippen molar-refractivity contribution in [2.75, 3.05) is 11.9 Å². The fraction of sp³-hybridized carbons (Fsp3) is 0.444. The van der Waals surface area contributed by atoms with Crippen LogP contribution < -0.4 is 4.90 Å². The van der Waals surface area contributed by atoms with Crippen molar-refractivity contribution in [1.82, 2.24) is 0 Å². The van der Waals surface area contributed by atoms with E-state index in [0.29, 0.717) is 18.1 Å². The Morgan fingerprint density at radius 1 is 1.50 bits per heavy atom. The Balaban J connectivity index is 2.81. The molecule has 0 aromatic carbocycles. The third-order valence-electron chi connectivity index (χ3n) is 1.85. The van der Waals surface area contributed by atoms with Crippen molar-refractivity contribution in [2.45, 2.75) is 19.9 Å². The van der Waals surface area contributed by atoms with Gasteiger partial charge in [0.25, 0.3) is 0 Å². The van der Waals surface area contributed by atoms with Crippen LogP contribution in [0.3, 0.4) is 0 Å². The lowest BCUT2D eigenvalue weighted by molar-refractivity contribution is 0.110. The first-order valence-corrected chi connectivity index (χ1v) is 3.93. The molecule has 1 heterocycles. The molecule has 12 heavy (non-hydrogen) atoms. The van der Waals surface area contributed by atoms with Gasteiger partial charge < -0.3 is 9.32 Å². The van der Waals surface area contributed by atoms with E-state index in [9.17, 15) is 4.79 Å². The Morgan fingerprint density at radius 2 is 2.17 bits per heavy atom. The summed E-state index contributed by atoms with van der Waals surface area (Å²) in [6, 6.07) is 3.83. The van der Waals surface area contributed by atoms with Gasteiger partial charge in [-0.1, -0.05) is 0 Å². The molecule has 0 saturated carbocycles. The van der Waals surface area contributed by atoms with Gasteiger partial charge in [-0.05, 0) is 19.9 Å². The summed E-state index contributed by atoms with van der Waals surface area (Å²) in [6.45, 7) is 4.12. The monoisotopic (exact) mass is 167 g/mol. The number of carbonyl (C=O) groups excluding carboxylic acids is 1. The van der Waals surface area contributed by atoms with Gasteiger partial charge in [-0.2, -0.15) is 0 Å². The minimum Gasteiger partial charge on any atom is -0.438 e. The van der Waals surface area contributed by atoms with Gasteiger partial charge in [0.2, 0.25) is 0 Å². The third kappa shape index (κ3) is 1.67. The zero-order valence-electron chi connectivity index (χ0n) is 7.57. The van der Waals surface area contributed by atoms with Crippen LogP contribution in [-0.4, -0.2) is 19.4 Å². The van der Waals surface area contributed by atoms with Crippen molar-refractivity contribution >= 4 is 12.2 Å². The van der Waals surface area contributed by atoms with E-state index < -0.39 is 0 Å². The average Bonchev–Trinajstić information content (AvgIpc) is 2.50. The minimum absolute atomic E-state index is 0.371. The van der Waals surface area contributed by atoms with Crippen molar-refractivity contribution in [3.05, 3.63) is 17.9 Å². The molecule has 0 atom stereocenters. The van der Waals surface area contributed by atoms with Gasteiger partial charge in [0.05, 0.1) is 0 Å². The first-order valence-electron chi connectivity index (χ1n) is 3.93. The number of hydrogen-bond donors (Lipinski definition) is 0. The van der Waals surface area contributed by atoms with E-state index in [0.717, 1.165) is 5.88 Å². The van der Waals surface area contributed by atoms with Gasteiger partial charge in [-0.15, -0.1) is 0 Å². The molecule has 0 saturated heterocycles. The maximum Gasteiger partial charge on any atom is 0.196 e. The topological polar surface area (TPSA) is 33.5 Å². The van der Waals surface area contributed by atoms with Gasteiger partial charge in [0.1, 0.15) is 0 Å². The molecule has 0 aliphatic rings. The van der Waals surface area contributed by atoms with Gasteiger partial charge >= 0.3 is 0 Å². The number of rotatable bonds is 3. The number of nitrogens with zero attached hydrogens (tertiary/aromatic N) is 1. The van der Waals surface area contributed by atoms with Gasteiger partial charge in [-0.25, -0.2) is 0 Å². The highest BCUT2D eigenvalue weighted by molar-refractivity contribution is 5.71. The molecule has 0 aliphatic heterocycles. The molecule has 1 aromatic rings. The maximum atomic E-state index is 10.3. The second-order valence-corrected chi connectivity index (χ2v) is 3.00. The van der Waals surface area contributed by atoms with Crippen LogP contribution in [0, 0.1) is 0 Å². The van der Waals surface area contributed by atoms with Gasteiger partial charge in [-0.3, -0.25) is 4.79 Å². The number of hydrogen-bond acceptors (Lipinski definition) is 3. The first-order chi connectivity index (χ1) is 5.65. The lowest BCUT2D eigenvalue weighted by Gasteiger charge is -2.19. The summed E-state index contributed by atoms with van der Waals surface area (Å²) in [5.74, 6) is 1.10. The number of anilines is 1. The zero-order valence-corrected chi connectivity index (χ0v) is 7.57. The van der Waals surface area contributed by atoms with Crippen LogP contribution in [0.25, 0.3) is 0 Å². The molecule has 3 nitrogen and oxygen atoms in total. The fourth-order valence-corrected chi connectivity index (χ4v) is 0.850. The highest BCUT2D eigenvalue weighted by atomic mass is 16.4. The molecule has 0 radical (unpaired) electrons. The normalized spacial score (nSPS) is 10.3. The lowest BCUT2D eigenvalue weighted by atomic mass is 10.3. The van der Waals surface area contributed by atoms with Crippen LogP contribution in [-0.2, 0) is 0 Å². The van der Waals surface area contributed by atoms with E-state index in [4.69, 9.17) is 4.42 Å². The van der Waals surface area contributed by atoms with Crippen molar-refractivity contribution in [2.24, 2.45) is 0 Å². The SMILES string of the molecule is CC(C)N(C)c1ccc(C=O)o1. The third-order valence-corrected chi connectivity index (χ3v) is 1.85. The molecular weight excluding hydrogens is 154 g/mol. The van der Waals surface area contributed by atoms with E-state index in [2.05, 4.69) is 13.8 Å². The second kappa shape index (κ2) is 3.43. The van der Waals surface area contributed by atoms with Crippen molar-refractivity contribution < 1.29 is 9.21 Å². The molecule has 1 aromatic heterocycles. The van der Waals surface area contributed by atoms with Gasteiger partial charge in [0, 0.05) is 19.2 Å². The van der Waals surface area contributed by atoms with Crippen LogP contribution in [0.2, 0.25) is 0 Å². The van der Waals surface area contributed by atoms with Crippen molar-refractivity contribution in [1.29, 1.82) is 0 Å². The quantitative estimate of drug-likeness (QED) is 0.645. The first kappa shape index (κ1) is 8.84. The summed E-state index contributed by atoms with van der Waals surface area (Å²) in [5.41, 5.74) is 0. The summed E-state index contributed by atoms with van der Waals surface area (Å²) >= 11 is 0. The predicted molar refractivity (Wildman–Crippen MR) is 47.6 cm³/mol. The summed E-state index contributed by atoms with van der Waals surface area (Å²) in [7, 11) is 1.93. The van der Waals surface area contributed by atoms with E-state index >= 15 is 0 Å². The van der Waals surface area contributed by atoms with Crippen LogP contribution in [0.1, 0.15) is 24.4 Å². The van der Waals surface area contributed by atoms with E-state index in [-0.39, 0.29) is 0 Å². The molecule has 0 unspecified atom stereocenters. The minimum atomic E-state index is 0.371. The fourth-order valence-electron chi connectivity index (χ4n) is 0.850. The molecule has 0 bridgehead atoms. The summed E-state index contributed by atoms with van der Waals surface area (Å²) < 4.78 is 5.21. The van der Waals surface area contributed by atoms with Gasteiger partial charge in [0.15, 0.2) is 17.9 Å². The van der Waals surface area contributed by atoms with E-state index in [1.807, 2.05) is 11.9 Å². The Bertz CT molecular complexity index is 265. The highest BCUT2D eigenvalue weighted by Gasteiger charge is 2.08. The summed E-state index contributed by atoms with van der Waals surface area (Å²) in [5, 5.41) is 0.